The second-order valence-corrected chi connectivity index (χ2v) is 6.63. The Morgan fingerprint density at radius 1 is 1.48 bits per heavy atom. The molecule has 0 bridgehead atoms. The monoisotopic (exact) mass is 330 g/mol. The van der Waals surface area contributed by atoms with Gasteiger partial charge in [0.2, 0.25) is 5.91 Å². The largest absolute Gasteiger partial charge is 0.354 e. The van der Waals surface area contributed by atoms with E-state index in [1.807, 2.05) is 38.1 Å². The molecule has 1 saturated heterocycles. The summed E-state index contributed by atoms with van der Waals surface area (Å²) in [5, 5.41) is 7.17. The van der Waals surface area contributed by atoms with Crippen LogP contribution in [0.4, 0.5) is 0 Å². The summed E-state index contributed by atoms with van der Waals surface area (Å²) < 4.78 is 0. The Balaban J connectivity index is 0.00000220. The van der Waals surface area contributed by atoms with Crippen LogP contribution in [-0.4, -0.2) is 25.0 Å². The van der Waals surface area contributed by atoms with Gasteiger partial charge in [-0.2, -0.15) is 0 Å². The van der Waals surface area contributed by atoms with Crippen LogP contribution >= 0.6 is 24.0 Å². The SMILES string of the molecule is CC(C)(Cc1cccc(Cl)c1)C(=O)NCC1CCCN1.Cl. The molecule has 1 unspecified atom stereocenters. The van der Waals surface area contributed by atoms with Crippen LogP contribution in [0.1, 0.15) is 32.3 Å². The van der Waals surface area contributed by atoms with Crippen LogP contribution in [0.3, 0.4) is 0 Å². The van der Waals surface area contributed by atoms with Gasteiger partial charge in [0.15, 0.2) is 0 Å². The molecule has 1 heterocycles. The molecule has 2 N–H and O–H groups in total. The molecular formula is C16H24Cl2N2O. The van der Waals surface area contributed by atoms with E-state index in [1.165, 1.54) is 6.42 Å². The summed E-state index contributed by atoms with van der Waals surface area (Å²) in [6, 6.07) is 8.15. The molecule has 0 radical (unpaired) electrons. The van der Waals surface area contributed by atoms with E-state index in [0.717, 1.165) is 25.1 Å². The maximum absolute atomic E-state index is 12.3. The zero-order valence-electron chi connectivity index (χ0n) is 12.6. The van der Waals surface area contributed by atoms with E-state index >= 15 is 0 Å². The van der Waals surface area contributed by atoms with Crippen molar-refractivity contribution in [2.75, 3.05) is 13.1 Å². The van der Waals surface area contributed by atoms with Crippen molar-refractivity contribution in [3.05, 3.63) is 34.9 Å². The van der Waals surface area contributed by atoms with Crippen LogP contribution in [0.2, 0.25) is 5.02 Å². The fourth-order valence-corrected chi connectivity index (χ4v) is 2.84. The van der Waals surface area contributed by atoms with Crippen LogP contribution in [0.5, 0.6) is 0 Å². The molecule has 0 aliphatic carbocycles. The van der Waals surface area contributed by atoms with E-state index in [1.54, 1.807) is 0 Å². The fourth-order valence-electron chi connectivity index (χ4n) is 2.62. The van der Waals surface area contributed by atoms with Crippen molar-refractivity contribution in [3.63, 3.8) is 0 Å². The van der Waals surface area contributed by atoms with Gasteiger partial charge in [-0.25, -0.2) is 0 Å². The highest BCUT2D eigenvalue weighted by molar-refractivity contribution is 6.30. The van der Waals surface area contributed by atoms with Gasteiger partial charge >= 0.3 is 0 Å². The third kappa shape index (κ3) is 5.50. The molecule has 2 rings (SSSR count). The van der Waals surface area contributed by atoms with Gasteiger partial charge in [-0.05, 0) is 43.5 Å². The Labute approximate surface area is 138 Å². The highest BCUT2D eigenvalue weighted by Gasteiger charge is 2.28. The molecule has 1 aliphatic heterocycles. The lowest BCUT2D eigenvalue weighted by Crippen LogP contribution is -2.43. The first-order valence-corrected chi connectivity index (χ1v) is 7.61. The van der Waals surface area contributed by atoms with Crippen LogP contribution in [-0.2, 0) is 11.2 Å². The van der Waals surface area contributed by atoms with E-state index < -0.39 is 5.41 Å². The van der Waals surface area contributed by atoms with E-state index in [0.29, 0.717) is 17.5 Å². The molecule has 1 amide bonds. The van der Waals surface area contributed by atoms with Gasteiger partial charge in [0, 0.05) is 23.0 Å². The number of hydrogen-bond donors (Lipinski definition) is 2. The summed E-state index contributed by atoms with van der Waals surface area (Å²) in [6.07, 6.45) is 3.04. The third-order valence-electron chi connectivity index (χ3n) is 3.82. The number of hydrogen-bond acceptors (Lipinski definition) is 2. The molecule has 0 aromatic heterocycles. The Morgan fingerprint density at radius 2 is 2.24 bits per heavy atom. The molecule has 1 aromatic carbocycles. The molecule has 5 heteroatoms. The number of amides is 1. The van der Waals surface area contributed by atoms with Gasteiger partial charge in [-0.1, -0.05) is 37.6 Å². The lowest BCUT2D eigenvalue weighted by Gasteiger charge is -2.25. The molecule has 1 fully saturated rings. The molecule has 21 heavy (non-hydrogen) atoms. The van der Waals surface area contributed by atoms with Crippen molar-refractivity contribution in [1.82, 2.24) is 10.6 Å². The molecule has 1 atom stereocenters. The zero-order valence-corrected chi connectivity index (χ0v) is 14.2. The second kappa shape index (κ2) is 8.02. The molecule has 0 spiro atoms. The molecular weight excluding hydrogens is 307 g/mol. The Kier molecular flexibility index (Phi) is 6.98. The zero-order chi connectivity index (χ0) is 14.6. The summed E-state index contributed by atoms with van der Waals surface area (Å²) in [5.74, 6) is 0.103. The normalized spacial score (nSPS) is 18.1. The summed E-state index contributed by atoms with van der Waals surface area (Å²) >= 11 is 5.99. The average molecular weight is 331 g/mol. The average Bonchev–Trinajstić information content (AvgIpc) is 2.88. The quantitative estimate of drug-likeness (QED) is 0.870. The first-order valence-electron chi connectivity index (χ1n) is 7.23. The van der Waals surface area contributed by atoms with Crippen molar-refractivity contribution in [2.45, 2.75) is 39.2 Å². The minimum Gasteiger partial charge on any atom is -0.354 e. The van der Waals surface area contributed by atoms with E-state index in [-0.39, 0.29) is 18.3 Å². The molecule has 0 saturated carbocycles. The highest BCUT2D eigenvalue weighted by atomic mass is 35.5. The number of carbonyl (C=O) groups excluding carboxylic acids is 1. The summed E-state index contributed by atoms with van der Waals surface area (Å²) in [5.41, 5.74) is 0.667. The summed E-state index contributed by atoms with van der Waals surface area (Å²) in [4.78, 5) is 12.3. The van der Waals surface area contributed by atoms with Crippen LogP contribution in [0, 0.1) is 5.41 Å². The summed E-state index contributed by atoms with van der Waals surface area (Å²) in [6.45, 7) is 5.74. The maximum atomic E-state index is 12.3. The Morgan fingerprint density at radius 3 is 2.86 bits per heavy atom. The highest BCUT2D eigenvalue weighted by Crippen LogP contribution is 2.23. The predicted molar refractivity (Wildman–Crippen MR) is 90.2 cm³/mol. The van der Waals surface area contributed by atoms with Gasteiger partial charge in [0.1, 0.15) is 0 Å². The third-order valence-corrected chi connectivity index (χ3v) is 4.06. The molecule has 3 nitrogen and oxygen atoms in total. The number of halogens is 2. The number of rotatable bonds is 5. The smallest absolute Gasteiger partial charge is 0.226 e. The first kappa shape index (κ1) is 18.3. The maximum Gasteiger partial charge on any atom is 0.226 e. The van der Waals surface area contributed by atoms with Gasteiger partial charge < -0.3 is 10.6 Å². The molecule has 1 aromatic rings. The molecule has 118 valence electrons. The Bertz CT molecular complexity index is 471. The van der Waals surface area contributed by atoms with Gasteiger partial charge in [0.25, 0.3) is 0 Å². The van der Waals surface area contributed by atoms with E-state index in [9.17, 15) is 4.79 Å². The van der Waals surface area contributed by atoms with Gasteiger partial charge in [0.05, 0.1) is 0 Å². The summed E-state index contributed by atoms with van der Waals surface area (Å²) in [7, 11) is 0. The fraction of sp³-hybridized carbons (Fsp3) is 0.562. The lowest BCUT2D eigenvalue weighted by molar-refractivity contribution is -0.129. The van der Waals surface area contributed by atoms with Crippen molar-refractivity contribution in [1.29, 1.82) is 0 Å². The number of carbonyl (C=O) groups is 1. The van der Waals surface area contributed by atoms with Crippen molar-refractivity contribution < 1.29 is 4.79 Å². The first-order chi connectivity index (χ1) is 9.47. The molecule has 1 aliphatic rings. The van der Waals surface area contributed by atoms with Gasteiger partial charge in [-0.3, -0.25) is 4.79 Å². The Hall–Kier alpha value is -0.770. The van der Waals surface area contributed by atoms with Gasteiger partial charge in [-0.15, -0.1) is 12.4 Å². The second-order valence-electron chi connectivity index (χ2n) is 6.19. The van der Waals surface area contributed by atoms with Crippen molar-refractivity contribution >= 4 is 29.9 Å². The standard InChI is InChI=1S/C16H23ClN2O.ClH/c1-16(2,10-12-5-3-6-13(17)9-12)15(20)19-11-14-7-4-8-18-14;/h3,5-6,9,14,18H,4,7-8,10-11H2,1-2H3,(H,19,20);1H. The minimum absolute atomic E-state index is 0. The van der Waals surface area contributed by atoms with Crippen LogP contribution < -0.4 is 10.6 Å². The van der Waals surface area contributed by atoms with Crippen molar-refractivity contribution in [2.24, 2.45) is 5.41 Å². The number of nitrogens with one attached hydrogen (secondary N) is 2. The van der Waals surface area contributed by atoms with Crippen LogP contribution in [0.15, 0.2) is 24.3 Å². The number of benzene rings is 1. The minimum atomic E-state index is -0.427. The van der Waals surface area contributed by atoms with Crippen LogP contribution in [0.25, 0.3) is 0 Å². The van der Waals surface area contributed by atoms with Crippen molar-refractivity contribution in [3.8, 4) is 0 Å². The lowest BCUT2D eigenvalue weighted by atomic mass is 9.84. The topological polar surface area (TPSA) is 41.1 Å². The van der Waals surface area contributed by atoms with E-state index in [2.05, 4.69) is 10.6 Å². The predicted octanol–water partition coefficient (Wildman–Crippen LogP) is 3.20. The van der Waals surface area contributed by atoms with E-state index in [4.69, 9.17) is 11.6 Å².